The maximum atomic E-state index is 12.2. The average Bonchev–Trinajstić information content (AvgIpc) is 2.53. The number of anilines is 1. The number of benzene rings is 2. The molecule has 0 saturated carbocycles. The zero-order valence-electron chi connectivity index (χ0n) is 14.5. The first-order valence-corrected chi connectivity index (χ1v) is 13.6. The third kappa shape index (κ3) is 13.7. The van der Waals surface area contributed by atoms with Crippen molar-refractivity contribution < 1.29 is 34.6 Å². The van der Waals surface area contributed by atoms with Crippen LogP contribution in [0.1, 0.15) is 12.5 Å². The number of halogens is 3. The molecule has 0 saturated heterocycles. The second kappa shape index (κ2) is 12.2. The van der Waals surface area contributed by atoms with Crippen molar-refractivity contribution in [1.29, 1.82) is 0 Å². The summed E-state index contributed by atoms with van der Waals surface area (Å²) in [5, 5.41) is 10.7. The summed E-state index contributed by atoms with van der Waals surface area (Å²) in [6, 6.07) is 12.1. The van der Waals surface area contributed by atoms with Gasteiger partial charge in [-0.05, 0) is 24.6 Å². The minimum absolute atomic E-state index is 0.0399. The van der Waals surface area contributed by atoms with Crippen LogP contribution in [-0.4, -0.2) is 37.9 Å². The first kappa shape index (κ1) is 26.6. The minimum Gasteiger partial charge on any atom is -0.207 e. The number of aryl methyl sites for hydroxylation is 1. The summed E-state index contributed by atoms with van der Waals surface area (Å²) in [7, 11) is 4.81. The molecular weight excluding hydrogens is 503 g/mol. The summed E-state index contributed by atoms with van der Waals surface area (Å²) >= 11 is -4.83. The summed E-state index contributed by atoms with van der Waals surface area (Å²) in [5.74, 6) is -0.456. The molecule has 0 heterocycles. The van der Waals surface area contributed by atoms with Gasteiger partial charge in [0.05, 0.1) is 0 Å². The van der Waals surface area contributed by atoms with E-state index in [9.17, 15) is 17.0 Å². The molecule has 1 unspecified atom stereocenters. The fourth-order valence-corrected chi connectivity index (χ4v) is 3.02. The van der Waals surface area contributed by atoms with Crippen LogP contribution in [0.3, 0.4) is 0 Å². The largest absolute Gasteiger partial charge is 0.317 e. The quantitative estimate of drug-likeness (QED) is 0.246. The van der Waals surface area contributed by atoms with Gasteiger partial charge in [0.2, 0.25) is 0 Å². The van der Waals surface area contributed by atoms with Gasteiger partial charge in [-0.3, -0.25) is 0 Å². The van der Waals surface area contributed by atoms with Gasteiger partial charge in [-0.2, -0.15) is 8.42 Å². The van der Waals surface area contributed by atoms with Gasteiger partial charge in [-0.25, -0.2) is 4.39 Å². The molecule has 13 heteroatoms. The molecule has 3 N–H and O–H groups in total. The van der Waals surface area contributed by atoms with Crippen LogP contribution in [0.4, 0.5) is 10.1 Å². The third-order valence-corrected chi connectivity index (χ3v) is 5.00. The molecule has 0 aliphatic heterocycles. The predicted molar refractivity (Wildman–Crippen MR) is 105 cm³/mol. The molecule has 0 bridgehead atoms. The van der Waals surface area contributed by atoms with E-state index in [2.05, 4.69) is 30.6 Å². The number of nitrogens with one attached hydrogen (secondary N) is 1. The topological polar surface area (TPSA) is 130 Å². The third-order valence-electron chi connectivity index (χ3n) is 2.58. The molecule has 0 aromatic heterocycles. The molecule has 8 nitrogen and oxygen atoms in total. The molecule has 28 heavy (non-hydrogen) atoms. The van der Waals surface area contributed by atoms with Gasteiger partial charge in [-0.15, -0.1) is 0 Å². The molecule has 0 aliphatic rings. The second-order valence-electron chi connectivity index (χ2n) is 5.01. The predicted octanol–water partition coefficient (Wildman–Crippen LogP) is 2.55. The van der Waals surface area contributed by atoms with Crippen LogP contribution in [0.15, 0.2) is 48.5 Å². The molecule has 0 radical (unpaired) electrons. The zero-order chi connectivity index (χ0) is 22.0. The monoisotopic (exact) mass is 519 g/mol. The molecule has 0 spiro atoms. The van der Waals surface area contributed by atoms with Crippen molar-refractivity contribution in [2.75, 3.05) is 5.32 Å². The first-order chi connectivity index (χ1) is 12.7. The second-order valence-corrected chi connectivity index (χ2v) is 12.3. The van der Waals surface area contributed by atoms with Crippen LogP contribution in [0.2, 0.25) is 0 Å². The van der Waals surface area contributed by atoms with Crippen LogP contribution in [0.25, 0.3) is 0 Å². The summed E-state index contributed by atoms with van der Waals surface area (Å²) in [5.41, 5.74) is 1.33. The Morgan fingerprint density at radius 3 is 2.11 bits per heavy atom. The van der Waals surface area contributed by atoms with E-state index in [0.717, 1.165) is 5.56 Å². The average molecular weight is 520 g/mol. The maximum absolute atomic E-state index is 12.2. The number of hydrogen-bond donors (Lipinski definition) is 3. The van der Waals surface area contributed by atoms with Gasteiger partial charge >= 0.3 is 96.7 Å². The van der Waals surface area contributed by atoms with E-state index in [1.807, 2.05) is 13.0 Å². The van der Waals surface area contributed by atoms with Gasteiger partial charge in [0.1, 0.15) is 5.82 Å². The number of carbonyl (C=O) groups is 1. The Morgan fingerprint density at radius 2 is 1.71 bits per heavy atom. The molecule has 1 amide bonds. The van der Waals surface area contributed by atoms with E-state index in [1.54, 1.807) is 12.1 Å². The Bertz CT molecular complexity index is 918. The standard InChI is InChI=1S/C8H10AsNO5.C7H7F.Cl2O2S/c1-6(11)10-8-4-2-3-7(5-8)9(12,13)15-14;1-6-3-2-4-7(8)5-6;1-5(2,3)4/h2-5,14H,1H3,(H,10,11)(H,12,13);2-5H,1H3;. The van der Waals surface area contributed by atoms with E-state index >= 15 is 0 Å². The number of amides is 1. The van der Waals surface area contributed by atoms with E-state index in [1.165, 1.54) is 37.3 Å². The Labute approximate surface area is 173 Å². The molecule has 2 aromatic rings. The van der Waals surface area contributed by atoms with Crippen LogP contribution >= 0.6 is 21.4 Å². The Morgan fingerprint density at radius 1 is 1.18 bits per heavy atom. The fourth-order valence-electron chi connectivity index (χ4n) is 1.62. The Balaban J connectivity index is 0.000000466. The van der Waals surface area contributed by atoms with Gasteiger partial charge in [-0.1, -0.05) is 12.1 Å². The van der Waals surface area contributed by atoms with Crippen LogP contribution < -0.4 is 9.67 Å². The Kier molecular flexibility index (Phi) is 11.6. The molecule has 0 fully saturated rings. The van der Waals surface area contributed by atoms with Crippen LogP contribution in [0.5, 0.6) is 0 Å². The molecule has 1 atom stereocenters. The molecule has 0 aliphatic carbocycles. The van der Waals surface area contributed by atoms with Crippen molar-refractivity contribution in [1.82, 2.24) is 0 Å². The summed E-state index contributed by atoms with van der Waals surface area (Å²) in [6.45, 7) is 3.18. The molecular formula is C15H17AsCl2FNO7S. The molecule has 156 valence electrons. The van der Waals surface area contributed by atoms with Crippen molar-refractivity contribution in [3.63, 3.8) is 0 Å². The SMILES string of the molecule is CC(=O)Nc1cccc([As](=O)(O)OO)c1.Cc1cccc(F)c1.O=S(=O)(Cl)Cl. The smallest absolute Gasteiger partial charge is 0.207 e. The van der Waals surface area contributed by atoms with Gasteiger partial charge in [0.15, 0.2) is 0 Å². The van der Waals surface area contributed by atoms with E-state index in [-0.39, 0.29) is 16.1 Å². The van der Waals surface area contributed by atoms with Crippen molar-refractivity contribution >= 4 is 59.7 Å². The molecule has 2 rings (SSSR count). The van der Waals surface area contributed by atoms with Crippen LogP contribution in [0, 0.1) is 12.7 Å². The zero-order valence-corrected chi connectivity index (χ0v) is 18.7. The van der Waals surface area contributed by atoms with Gasteiger partial charge in [0.25, 0.3) is 0 Å². The van der Waals surface area contributed by atoms with Gasteiger partial charge in [0, 0.05) is 21.4 Å². The summed E-state index contributed by atoms with van der Waals surface area (Å²) in [4.78, 5) is 10.7. The molecule has 2 aromatic carbocycles. The minimum atomic E-state index is -4.83. The van der Waals surface area contributed by atoms with E-state index < -0.39 is 22.4 Å². The summed E-state index contributed by atoms with van der Waals surface area (Å²) in [6.07, 6.45) is 0. The number of hydrogen-bond acceptors (Lipinski definition) is 6. The Hall–Kier alpha value is -1.39. The number of carbonyl (C=O) groups excluding carboxylic acids is 1. The van der Waals surface area contributed by atoms with Crippen LogP contribution in [-0.2, 0) is 20.7 Å². The maximum Gasteiger partial charge on any atom is 0.317 e. The van der Waals surface area contributed by atoms with Gasteiger partial charge < -0.3 is 0 Å². The van der Waals surface area contributed by atoms with Crippen molar-refractivity contribution in [3.8, 4) is 0 Å². The number of rotatable bonds is 3. The normalized spacial score (nSPS) is 12.4. The van der Waals surface area contributed by atoms with Crippen molar-refractivity contribution in [3.05, 3.63) is 59.9 Å². The summed E-state index contributed by atoms with van der Waals surface area (Å²) < 4.78 is 54.4. The fraction of sp³-hybridized carbons (Fsp3) is 0.133. The van der Waals surface area contributed by atoms with Crippen molar-refractivity contribution in [2.45, 2.75) is 13.8 Å². The van der Waals surface area contributed by atoms with E-state index in [4.69, 9.17) is 13.7 Å². The van der Waals surface area contributed by atoms with E-state index in [0.29, 0.717) is 5.69 Å². The first-order valence-electron chi connectivity index (χ1n) is 7.15. The van der Waals surface area contributed by atoms with Crippen molar-refractivity contribution in [2.24, 2.45) is 0 Å².